The van der Waals surface area contributed by atoms with Crippen LogP contribution in [0, 0.1) is 6.92 Å². The van der Waals surface area contributed by atoms with E-state index in [2.05, 4.69) is 15.2 Å². The average molecular weight is 323 g/mol. The number of carbonyl (C=O) groups excluding carboxylic acids is 1. The molecule has 3 aromatic heterocycles. The molecule has 3 aromatic rings. The number of fused-ring (bicyclic) bond motifs is 1. The van der Waals surface area contributed by atoms with Crippen molar-refractivity contribution in [3.8, 4) is 0 Å². The van der Waals surface area contributed by atoms with Crippen LogP contribution in [0.25, 0.3) is 10.1 Å². The lowest BCUT2D eigenvalue weighted by Crippen LogP contribution is -1.96. The van der Waals surface area contributed by atoms with E-state index in [0.29, 0.717) is 4.88 Å². The Morgan fingerprint density at radius 3 is 2.85 bits per heavy atom. The Morgan fingerprint density at radius 2 is 2.15 bits per heavy atom. The maximum Gasteiger partial charge on any atom is 0.348 e. The van der Waals surface area contributed by atoms with Crippen molar-refractivity contribution < 1.29 is 9.53 Å². The number of nitrogens with zero attached hydrogens (tertiary/aromatic N) is 3. The number of hydrogen-bond acceptors (Lipinski definition) is 8. The number of esters is 1. The largest absolute Gasteiger partial charge is 0.465 e. The van der Waals surface area contributed by atoms with E-state index in [0.717, 1.165) is 24.3 Å². The van der Waals surface area contributed by atoms with Gasteiger partial charge in [-0.2, -0.15) is 0 Å². The Morgan fingerprint density at radius 1 is 1.30 bits per heavy atom. The summed E-state index contributed by atoms with van der Waals surface area (Å²) >= 11 is 4.42. The van der Waals surface area contributed by atoms with Crippen molar-refractivity contribution in [3.63, 3.8) is 0 Å². The number of aromatic nitrogens is 3. The number of hydrogen-bond donors (Lipinski definition) is 0. The van der Waals surface area contributed by atoms with Crippen molar-refractivity contribution in [1.82, 2.24) is 15.2 Å². The molecule has 0 atom stereocenters. The molecule has 0 saturated heterocycles. The van der Waals surface area contributed by atoms with Gasteiger partial charge in [0.15, 0.2) is 4.34 Å². The Kier molecular flexibility index (Phi) is 3.68. The van der Waals surface area contributed by atoms with Gasteiger partial charge in [-0.05, 0) is 13.0 Å². The highest BCUT2D eigenvalue weighted by molar-refractivity contribution is 8.01. The minimum Gasteiger partial charge on any atom is -0.465 e. The predicted molar refractivity (Wildman–Crippen MR) is 79.7 cm³/mol. The molecular formula is C12H9N3O2S3. The van der Waals surface area contributed by atoms with E-state index in [1.807, 2.05) is 13.0 Å². The topological polar surface area (TPSA) is 65.0 Å². The van der Waals surface area contributed by atoms with Crippen LogP contribution in [0.15, 0.2) is 27.7 Å². The van der Waals surface area contributed by atoms with Crippen LogP contribution in [0.2, 0.25) is 0 Å². The van der Waals surface area contributed by atoms with Crippen LogP contribution in [-0.4, -0.2) is 28.3 Å². The summed E-state index contributed by atoms with van der Waals surface area (Å²) in [6, 6.07) is 1.84. The van der Waals surface area contributed by atoms with E-state index in [9.17, 15) is 4.79 Å². The third-order valence-corrected chi connectivity index (χ3v) is 5.49. The van der Waals surface area contributed by atoms with Gasteiger partial charge >= 0.3 is 5.97 Å². The van der Waals surface area contributed by atoms with Crippen LogP contribution < -0.4 is 0 Å². The van der Waals surface area contributed by atoms with E-state index in [1.54, 1.807) is 12.4 Å². The van der Waals surface area contributed by atoms with Crippen molar-refractivity contribution in [3.05, 3.63) is 28.3 Å². The lowest BCUT2D eigenvalue weighted by atomic mass is 10.3. The molecule has 0 aromatic carbocycles. The van der Waals surface area contributed by atoms with Gasteiger partial charge in [0.05, 0.1) is 11.8 Å². The van der Waals surface area contributed by atoms with Gasteiger partial charge in [-0.3, -0.25) is 4.98 Å². The zero-order valence-electron chi connectivity index (χ0n) is 10.6. The molecule has 0 aliphatic rings. The highest BCUT2D eigenvalue weighted by Gasteiger charge is 2.14. The lowest BCUT2D eigenvalue weighted by molar-refractivity contribution is 0.0606. The van der Waals surface area contributed by atoms with Gasteiger partial charge in [-0.15, -0.1) is 21.5 Å². The van der Waals surface area contributed by atoms with Gasteiger partial charge < -0.3 is 4.74 Å². The number of rotatable bonds is 3. The minimum atomic E-state index is -0.325. The summed E-state index contributed by atoms with van der Waals surface area (Å²) < 4.78 is 6.57. The summed E-state index contributed by atoms with van der Waals surface area (Å²) in [6.45, 7) is 1.92. The molecule has 102 valence electrons. The van der Waals surface area contributed by atoms with Crippen LogP contribution in [-0.2, 0) is 4.74 Å². The van der Waals surface area contributed by atoms with Crippen molar-refractivity contribution >= 4 is 50.5 Å². The van der Waals surface area contributed by atoms with E-state index in [-0.39, 0.29) is 5.97 Å². The average Bonchev–Trinajstić information content (AvgIpc) is 3.05. The highest BCUT2D eigenvalue weighted by Crippen LogP contribution is 2.37. The van der Waals surface area contributed by atoms with Crippen LogP contribution in [0.1, 0.15) is 14.7 Å². The predicted octanol–water partition coefficient (Wildman–Crippen LogP) is 3.39. The molecule has 0 amide bonds. The second-order valence-electron chi connectivity index (χ2n) is 3.84. The molecule has 0 aliphatic carbocycles. The number of carbonyl (C=O) groups is 1. The first-order chi connectivity index (χ1) is 9.67. The third kappa shape index (κ3) is 2.54. The standard InChI is InChI=1S/C12H9N3O2S3/c1-6-14-15-12(18-6)20-10-5-13-4-9-7(10)3-8(19-9)11(16)17-2/h3-5H,1-2H3. The molecular weight excluding hydrogens is 314 g/mol. The van der Waals surface area contributed by atoms with Crippen LogP contribution in [0.3, 0.4) is 0 Å². The van der Waals surface area contributed by atoms with E-state index in [1.165, 1.54) is 41.5 Å². The van der Waals surface area contributed by atoms with Gasteiger partial charge in [0.1, 0.15) is 9.88 Å². The number of thiophene rings is 1. The maximum absolute atomic E-state index is 11.6. The molecule has 0 saturated carbocycles. The van der Waals surface area contributed by atoms with E-state index >= 15 is 0 Å². The Hall–Kier alpha value is -1.51. The van der Waals surface area contributed by atoms with Crippen molar-refractivity contribution in [2.75, 3.05) is 7.11 Å². The second kappa shape index (κ2) is 5.47. The number of methoxy groups -OCH3 is 1. The smallest absolute Gasteiger partial charge is 0.348 e. The van der Waals surface area contributed by atoms with Crippen molar-refractivity contribution in [1.29, 1.82) is 0 Å². The van der Waals surface area contributed by atoms with Gasteiger partial charge in [0.25, 0.3) is 0 Å². The first-order valence-corrected chi connectivity index (χ1v) is 8.06. The number of ether oxygens (including phenoxy) is 1. The monoisotopic (exact) mass is 323 g/mol. The molecule has 0 bridgehead atoms. The van der Waals surface area contributed by atoms with E-state index in [4.69, 9.17) is 4.74 Å². The zero-order valence-corrected chi connectivity index (χ0v) is 13.1. The molecule has 8 heteroatoms. The Bertz CT molecular complexity index is 781. The van der Waals surface area contributed by atoms with Crippen LogP contribution in [0.4, 0.5) is 0 Å². The Labute approximate surface area is 127 Å². The summed E-state index contributed by atoms with van der Waals surface area (Å²) in [4.78, 5) is 17.3. The fourth-order valence-corrected chi connectivity index (χ4v) is 4.55. The molecule has 3 rings (SSSR count). The molecule has 0 unspecified atom stereocenters. The quantitative estimate of drug-likeness (QED) is 0.688. The summed E-state index contributed by atoms with van der Waals surface area (Å²) in [6.07, 6.45) is 3.53. The van der Waals surface area contributed by atoms with Gasteiger partial charge in [-0.25, -0.2) is 4.79 Å². The highest BCUT2D eigenvalue weighted by atomic mass is 32.2. The third-order valence-electron chi connectivity index (χ3n) is 2.50. The van der Waals surface area contributed by atoms with E-state index < -0.39 is 0 Å². The van der Waals surface area contributed by atoms with Crippen molar-refractivity contribution in [2.24, 2.45) is 0 Å². The van der Waals surface area contributed by atoms with Crippen LogP contribution in [0.5, 0.6) is 0 Å². The molecule has 5 nitrogen and oxygen atoms in total. The normalized spacial score (nSPS) is 10.9. The van der Waals surface area contributed by atoms with Gasteiger partial charge in [0.2, 0.25) is 0 Å². The fourth-order valence-electron chi connectivity index (χ4n) is 1.63. The first kappa shape index (κ1) is 13.5. The minimum absolute atomic E-state index is 0.325. The molecule has 0 aliphatic heterocycles. The van der Waals surface area contributed by atoms with Gasteiger partial charge in [-0.1, -0.05) is 23.1 Å². The summed E-state index contributed by atoms with van der Waals surface area (Å²) in [5.41, 5.74) is 0. The Balaban J connectivity index is 2.02. The first-order valence-electron chi connectivity index (χ1n) is 5.61. The summed E-state index contributed by atoms with van der Waals surface area (Å²) in [5.74, 6) is -0.325. The number of aryl methyl sites for hydroxylation is 1. The van der Waals surface area contributed by atoms with Crippen molar-refractivity contribution in [2.45, 2.75) is 16.2 Å². The molecule has 0 fully saturated rings. The molecule has 0 radical (unpaired) electrons. The summed E-state index contributed by atoms with van der Waals surface area (Å²) in [7, 11) is 1.38. The number of pyridine rings is 1. The maximum atomic E-state index is 11.6. The molecule has 0 spiro atoms. The van der Waals surface area contributed by atoms with Crippen LogP contribution >= 0.6 is 34.4 Å². The molecule has 3 heterocycles. The van der Waals surface area contributed by atoms with Gasteiger partial charge in [0, 0.05) is 22.7 Å². The zero-order chi connectivity index (χ0) is 14.1. The lowest BCUT2D eigenvalue weighted by Gasteiger charge is -1.97. The molecule has 20 heavy (non-hydrogen) atoms. The fraction of sp³-hybridized carbons (Fsp3) is 0.167. The summed E-state index contributed by atoms with van der Waals surface area (Å²) in [5, 5.41) is 10.0. The molecule has 0 N–H and O–H groups in total. The second-order valence-corrected chi connectivity index (χ2v) is 7.40. The SMILES string of the molecule is COC(=O)c1cc2c(Sc3nnc(C)s3)cncc2s1.